The van der Waals surface area contributed by atoms with Gasteiger partial charge in [-0.1, -0.05) is 98.3 Å². The normalized spacial score (nSPS) is 16.1. The van der Waals surface area contributed by atoms with E-state index >= 15 is 0 Å². The molecular weight excluding hydrogens is 300 g/mol. The molecular formula is C25H24. The number of unbranched alkanes of at least 4 members (excludes halogenated alkanes) is 1. The summed E-state index contributed by atoms with van der Waals surface area (Å²) in [5, 5.41) is 0. The van der Waals surface area contributed by atoms with Crippen molar-refractivity contribution in [3.05, 3.63) is 107 Å². The number of hydrogen-bond donors (Lipinski definition) is 0. The molecule has 124 valence electrons. The molecule has 25 heavy (non-hydrogen) atoms. The van der Waals surface area contributed by atoms with Gasteiger partial charge in [0.25, 0.3) is 0 Å². The van der Waals surface area contributed by atoms with Crippen molar-refractivity contribution in [3.63, 3.8) is 0 Å². The lowest BCUT2D eigenvalue weighted by Gasteiger charge is -2.18. The lowest BCUT2D eigenvalue weighted by molar-refractivity contribution is 0.825. The van der Waals surface area contributed by atoms with E-state index in [-0.39, 0.29) is 0 Å². The summed E-state index contributed by atoms with van der Waals surface area (Å²) >= 11 is 0. The van der Waals surface area contributed by atoms with Gasteiger partial charge in [-0.15, -0.1) is 0 Å². The second-order valence-corrected chi connectivity index (χ2v) is 6.79. The van der Waals surface area contributed by atoms with E-state index < -0.39 is 0 Å². The first kappa shape index (κ1) is 15.9. The van der Waals surface area contributed by atoms with Crippen LogP contribution < -0.4 is 0 Å². The highest BCUT2D eigenvalue weighted by Gasteiger charge is 2.32. The molecule has 1 unspecified atom stereocenters. The zero-order valence-electron chi connectivity index (χ0n) is 14.8. The lowest BCUT2D eigenvalue weighted by atomic mass is 9.85. The van der Waals surface area contributed by atoms with E-state index in [9.17, 15) is 0 Å². The molecule has 4 rings (SSSR count). The van der Waals surface area contributed by atoms with Crippen LogP contribution in [0.3, 0.4) is 0 Å². The van der Waals surface area contributed by atoms with Crippen molar-refractivity contribution in [3.8, 4) is 0 Å². The van der Waals surface area contributed by atoms with E-state index in [1.165, 1.54) is 46.2 Å². The minimum atomic E-state index is 0.339. The molecule has 3 aromatic carbocycles. The number of benzene rings is 3. The van der Waals surface area contributed by atoms with Crippen LogP contribution in [-0.4, -0.2) is 0 Å². The second kappa shape index (κ2) is 7.11. The minimum Gasteiger partial charge on any atom is -0.0654 e. The Morgan fingerprint density at radius 2 is 1.36 bits per heavy atom. The molecule has 0 N–H and O–H groups in total. The molecule has 1 atom stereocenters. The quantitative estimate of drug-likeness (QED) is 0.477. The van der Waals surface area contributed by atoms with E-state index in [1.54, 1.807) is 0 Å². The van der Waals surface area contributed by atoms with Gasteiger partial charge in [0.15, 0.2) is 0 Å². The van der Waals surface area contributed by atoms with Gasteiger partial charge < -0.3 is 0 Å². The minimum absolute atomic E-state index is 0.339. The van der Waals surface area contributed by atoms with Crippen molar-refractivity contribution in [1.29, 1.82) is 0 Å². The molecule has 0 aliphatic heterocycles. The molecule has 1 aliphatic rings. The molecule has 0 heteroatoms. The summed E-state index contributed by atoms with van der Waals surface area (Å²) in [5.74, 6) is 0.339. The maximum atomic E-state index is 2.31. The molecule has 0 amide bonds. The van der Waals surface area contributed by atoms with Gasteiger partial charge in [-0.05, 0) is 46.2 Å². The van der Waals surface area contributed by atoms with Crippen LogP contribution in [0.25, 0.3) is 11.1 Å². The third-order valence-electron chi connectivity index (χ3n) is 5.21. The third-order valence-corrected chi connectivity index (χ3v) is 5.21. The Labute approximate surface area is 150 Å². The van der Waals surface area contributed by atoms with Gasteiger partial charge in [-0.25, -0.2) is 0 Å². The van der Waals surface area contributed by atoms with Crippen LogP contribution >= 0.6 is 0 Å². The largest absolute Gasteiger partial charge is 0.0654 e. The highest BCUT2D eigenvalue weighted by atomic mass is 14.3. The van der Waals surface area contributed by atoms with Crippen LogP contribution in [-0.2, 0) is 0 Å². The fourth-order valence-corrected chi connectivity index (χ4v) is 4.07. The van der Waals surface area contributed by atoms with Gasteiger partial charge in [0.05, 0.1) is 0 Å². The van der Waals surface area contributed by atoms with E-state index in [0.717, 1.165) is 6.42 Å². The topological polar surface area (TPSA) is 0 Å². The molecule has 0 aromatic heterocycles. The fourth-order valence-electron chi connectivity index (χ4n) is 4.07. The summed E-state index contributed by atoms with van der Waals surface area (Å²) in [4.78, 5) is 0. The van der Waals surface area contributed by atoms with Crippen LogP contribution in [0.15, 0.2) is 84.9 Å². The first-order valence-corrected chi connectivity index (χ1v) is 9.33. The molecule has 0 bridgehead atoms. The van der Waals surface area contributed by atoms with Gasteiger partial charge >= 0.3 is 0 Å². The predicted octanol–water partition coefficient (Wildman–Crippen LogP) is 6.93. The lowest BCUT2D eigenvalue weighted by Crippen LogP contribution is -2.01. The van der Waals surface area contributed by atoms with E-state index in [2.05, 4.69) is 91.9 Å². The van der Waals surface area contributed by atoms with Crippen LogP contribution in [0.1, 0.15) is 54.4 Å². The first-order valence-electron chi connectivity index (χ1n) is 9.33. The number of hydrogen-bond acceptors (Lipinski definition) is 0. The second-order valence-electron chi connectivity index (χ2n) is 6.79. The Hall–Kier alpha value is -2.60. The van der Waals surface area contributed by atoms with Crippen LogP contribution in [0.4, 0.5) is 0 Å². The molecule has 0 nitrogen and oxygen atoms in total. The van der Waals surface area contributed by atoms with Crippen LogP contribution in [0.2, 0.25) is 0 Å². The van der Waals surface area contributed by atoms with Gasteiger partial charge in [-0.3, -0.25) is 0 Å². The van der Waals surface area contributed by atoms with Gasteiger partial charge in [-0.2, -0.15) is 0 Å². The molecule has 1 aliphatic carbocycles. The molecule has 0 saturated heterocycles. The number of rotatable bonds is 5. The van der Waals surface area contributed by atoms with Crippen molar-refractivity contribution < 1.29 is 0 Å². The first-order chi connectivity index (χ1) is 12.4. The molecule has 0 saturated carbocycles. The Morgan fingerprint density at radius 3 is 2.08 bits per heavy atom. The van der Waals surface area contributed by atoms with Crippen molar-refractivity contribution in [2.45, 2.75) is 32.1 Å². The average molecular weight is 324 g/mol. The van der Waals surface area contributed by atoms with Crippen LogP contribution in [0.5, 0.6) is 0 Å². The Morgan fingerprint density at radius 1 is 0.720 bits per heavy atom. The third kappa shape index (κ3) is 2.93. The smallest absolute Gasteiger partial charge is 0.0354 e. The van der Waals surface area contributed by atoms with Gasteiger partial charge in [0, 0.05) is 5.92 Å². The molecule has 3 aromatic rings. The zero-order valence-corrected chi connectivity index (χ0v) is 14.8. The van der Waals surface area contributed by atoms with Gasteiger partial charge in [0.2, 0.25) is 0 Å². The highest BCUT2D eigenvalue weighted by molar-refractivity contribution is 6.01. The number of allylic oxidation sites excluding steroid dienone is 2. The fraction of sp³-hybridized carbons (Fsp3) is 0.200. The Kier molecular flexibility index (Phi) is 4.52. The van der Waals surface area contributed by atoms with Crippen molar-refractivity contribution in [2.75, 3.05) is 0 Å². The SMILES string of the molecule is CCCCC1=C(c2ccccc2)C(c2ccccc2)c2ccccc21. The van der Waals surface area contributed by atoms with E-state index in [4.69, 9.17) is 0 Å². The van der Waals surface area contributed by atoms with Crippen molar-refractivity contribution >= 4 is 11.1 Å². The van der Waals surface area contributed by atoms with Crippen molar-refractivity contribution in [2.24, 2.45) is 0 Å². The molecule has 0 heterocycles. The summed E-state index contributed by atoms with van der Waals surface area (Å²) in [6, 6.07) is 30.9. The summed E-state index contributed by atoms with van der Waals surface area (Å²) in [6.07, 6.45) is 3.62. The standard InChI is InChI=1S/C25H24/c1-2-3-16-22-21-17-10-11-18-23(21)25(20-14-8-5-9-15-20)24(22)19-12-6-4-7-13-19/h4-15,17-18,25H,2-3,16H2,1H3. The summed E-state index contributed by atoms with van der Waals surface area (Å²) in [6.45, 7) is 2.28. The van der Waals surface area contributed by atoms with Crippen molar-refractivity contribution in [1.82, 2.24) is 0 Å². The summed E-state index contributed by atoms with van der Waals surface area (Å²) in [7, 11) is 0. The monoisotopic (exact) mass is 324 g/mol. The molecule has 0 radical (unpaired) electrons. The van der Waals surface area contributed by atoms with E-state index in [0.29, 0.717) is 5.92 Å². The zero-order chi connectivity index (χ0) is 17.1. The predicted molar refractivity (Wildman–Crippen MR) is 108 cm³/mol. The maximum absolute atomic E-state index is 2.31. The number of fused-ring (bicyclic) bond motifs is 1. The molecule has 0 spiro atoms. The summed E-state index contributed by atoms with van der Waals surface area (Å²) < 4.78 is 0. The molecule has 0 fully saturated rings. The Balaban J connectivity index is 1.95. The summed E-state index contributed by atoms with van der Waals surface area (Å²) in [5.41, 5.74) is 8.69. The average Bonchev–Trinajstić information content (AvgIpc) is 3.02. The highest BCUT2D eigenvalue weighted by Crippen LogP contribution is 2.51. The van der Waals surface area contributed by atoms with Gasteiger partial charge in [0.1, 0.15) is 0 Å². The Bertz CT molecular complexity index is 872. The van der Waals surface area contributed by atoms with E-state index in [1.807, 2.05) is 0 Å². The maximum Gasteiger partial charge on any atom is 0.0354 e. The van der Waals surface area contributed by atoms with Crippen LogP contribution in [0, 0.1) is 0 Å².